The van der Waals surface area contributed by atoms with Crippen LogP contribution in [0.2, 0.25) is 0 Å². The highest BCUT2D eigenvalue weighted by Crippen LogP contribution is 2.30. The molecule has 0 spiro atoms. The molecule has 1 unspecified atom stereocenters. The van der Waals surface area contributed by atoms with Crippen LogP contribution in [0.1, 0.15) is 18.4 Å². The second-order valence-corrected chi connectivity index (χ2v) is 7.58. The van der Waals surface area contributed by atoms with Gasteiger partial charge in [0.25, 0.3) is 0 Å². The standard InChI is InChI=1S/C19H21N5OS/c1-12-4-5-14(20)9-16(12)23-18(25)13-3-2-7-24(10-13)17-15-6-8-26-19(15)22-11-21-17/h4-6,8-9,11,13H,2-3,7,10,20H2,1H3,(H,23,25). The van der Waals surface area contributed by atoms with E-state index in [2.05, 4.69) is 26.3 Å². The summed E-state index contributed by atoms with van der Waals surface area (Å²) in [5.74, 6) is 0.890. The molecule has 134 valence electrons. The lowest BCUT2D eigenvalue weighted by Crippen LogP contribution is -2.41. The molecule has 0 aliphatic carbocycles. The van der Waals surface area contributed by atoms with E-state index < -0.39 is 0 Å². The van der Waals surface area contributed by atoms with E-state index in [0.29, 0.717) is 12.2 Å². The number of hydrogen-bond acceptors (Lipinski definition) is 6. The van der Waals surface area contributed by atoms with Gasteiger partial charge in [-0.2, -0.15) is 0 Å². The minimum atomic E-state index is -0.0757. The number of nitrogens with two attached hydrogens (primary N) is 1. The van der Waals surface area contributed by atoms with E-state index in [0.717, 1.165) is 46.7 Å². The first-order valence-corrected chi connectivity index (χ1v) is 9.60. The van der Waals surface area contributed by atoms with Gasteiger partial charge in [-0.1, -0.05) is 6.07 Å². The van der Waals surface area contributed by atoms with Crippen LogP contribution >= 0.6 is 11.3 Å². The molecular formula is C19H21N5OS. The molecule has 1 atom stereocenters. The molecule has 6 nitrogen and oxygen atoms in total. The summed E-state index contributed by atoms with van der Waals surface area (Å²) in [7, 11) is 0. The van der Waals surface area contributed by atoms with Crippen molar-refractivity contribution in [3.05, 3.63) is 41.5 Å². The van der Waals surface area contributed by atoms with Crippen molar-refractivity contribution in [1.82, 2.24) is 9.97 Å². The summed E-state index contributed by atoms with van der Waals surface area (Å²) in [6.45, 7) is 3.54. The first-order chi connectivity index (χ1) is 12.6. The van der Waals surface area contributed by atoms with Crippen LogP contribution in [0.25, 0.3) is 10.2 Å². The molecule has 26 heavy (non-hydrogen) atoms. The number of thiophene rings is 1. The Morgan fingerprint density at radius 1 is 1.35 bits per heavy atom. The Hall–Kier alpha value is -2.67. The Labute approximate surface area is 156 Å². The molecule has 0 saturated carbocycles. The maximum absolute atomic E-state index is 12.8. The van der Waals surface area contributed by atoms with Gasteiger partial charge in [0.2, 0.25) is 5.91 Å². The molecular weight excluding hydrogens is 346 g/mol. The minimum absolute atomic E-state index is 0.0408. The Morgan fingerprint density at radius 3 is 3.12 bits per heavy atom. The zero-order chi connectivity index (χ0) is 18.1. The van der Waals surface area contributed by atoms with Crippen LogP contribution < -0.4 is 16.0 Å². The zero-order valence-corrected chi connectivity index (χ0v) is 15.4. The summed E-state index contributed by atoms with van der Waals surface area (Å²) in [4.78, 5) is 24.8. The largest absolute Gasteiger partial charge is 0.399 e. The third kappa shape index (κ3) is 3.22. The molecule has 1 fully saturated rings. The number of amides is 1. The van der Waals surface area contributed by atoms with Crippen molar-refractivity contribution < 1.29 is 4.79 Å². The predicted molar refractivity (Wildman–Crippen MR) is 107 cm³/mol. The Balaban J connectivity index is 1.52. The van der Waals surface area contributed by atoms with Crippen molar-refractivity contribution in [1.29, 1.82) is 0 Å². The summed E-state index contributed by atoms with van der Waals surface area (Å²) in [6.07, 6.45) is 3.44. The number of aryl methyl sites for hydroxylation is 1. The molecule has 1 aliphatic heterocycles. The molecule has 0 radical (unpaired) electrons. The molecule has 1 aliphatic rings. The Bertz CT molecular complexity index is 954. The summed E-state index contributed by atoms with van der Waals surface area (Å²) < 4.78 is 0. The number of fused-ring (bicyclic) bond motifs is 1. The number of nitrogen functional groups attached to an aromatic ring is 1. The zero-order valence-electron chi connectivity index (χ0n) is 14.6. The molecule has 7 heteroatoms. The van der Waals surface area contributed by atoms with Crippen molar-refractivity contribution >= 4 is 44.7 Å². The molecule has 0 bridgehead atoms. The van der Waals surface area contributed by atoms with E-state index in [1.807, 2.05) is 30.5 Å². The van der Waals surface area contributed by atoms with Crippen LogP contribution in [0.15, 0.2) is 36.0 Å². The van der Waals surface area contributed by atoms with E-state index in [4.69, 9.17) is 5.73 Å². The van der Waals surface area contributed by atoms with Gasteiger partial charge in [0.1, 0.15) is 17.0 Å². The van der Waals surface area contributed by atoms with Crippen molar-refractivity contribution in [3.8, 4) is 0 Å². The van der Waals surface area contributed by atoms with E-state index in [1.165, 1.54) is 0 Å². The van der Waals surface area contributed by atoms with Gasteiger partial charge in [0.05, 0.1) is 11.3 Å². The summed E-state index contributed by atoms with van der Waals surface area (Å²) in [5.41, 5.74) is 8.30. The third-order valence-corrected chi connectivity index (χ3v) is 5.67. The smallest absolute Gasteiger partial charge is 0.229 e. The molecule has 3 heterocycles. The van der Waals surface area contributed by atoms with Gasteiger partial charge in [-0.05, 0) is 48.9 Å². The molecule has 3 aromatic rings. The van der Waals surface area contributed by atoms with Crippen LogP contribution in [-0.4, -0.2) is 29.0 Å². The highest BCUT2D eigenvalue weighted by molar-refractivity contribution is 7.16. The normalized spacial score (nSPS) is 17.4. The van der Waals surface area contributed by atoms with E-state index >= 15 is 0 Å². The van der Waals surface area contributed by atoms with Crippen molar-refractivity contribution in [2.24, 2.45) is 5.92 Å². The molecule has 2 aromatic heterocycles. The van der Waals surface area contributed by atoms with Crippen molar-refractivity contribution in [3.63, 3.8) is 0 Å². The summed E-state index contributed by atoms with van der Waals surface area (Å²) >= 11 is 1.61. The average molecular weight is 367 g/mol. The van der Waals surface area contributed by atoms with Gasteiger partial charge in [-0.25, -0.2) is 9.97 Å². The SMILES string of the molecule is Cc1ccc(N)cc1NC(=O)C1CCCN(c2ncnc3sccc23)C1. The van der Waals surface area contributed by atoms with Crippen molar-refractivity contribution in [2.45, 2.75) is 19.8 Å². The Morgan fingerprint density at radius 2 is 2.23 bits per heavy atom. The van der Waals surface area contributed by atoms with Crippen LogP contribution in [0.3, 0.4) is 0 Å². The Kier molecular flexibility index (Phi) is 4.46. The summed E-state index contributed by atoms with van der Waals surface area (Å²) in [5, 5.41) is 6.14. The highest BCUT2D eigenvalue weighted by atomic mass is 32.1. The topological polar surface area (TPSA) is 84.1 Å². The molecule has 1 aromatic carbocycles. The first kappa shape index (κ1) is 16.8. The molecule has 1 saturated heterocycles. The lowest BCUT2D eigenvalue weighted by atomic mass is 9.96. The predicted octanol–water partition coefficient (Wildman–Crippen LogP) is 3.44. The van der Waals surface area contributed by atoms with Crippen LogP contribution in [0.4, 0.5) is 17.2 Å². The molecule has 3 N–H and O–H groups in total. The number of carbonyl (C=O) groups excluding carboxylic acids is 1. The molecule has 1 amide bonds. The fourth-order valence-corrected chi connectivity index (χ4v) is 4.15. The number of carbonyl (C=O) groups is 1. The van der Waals surface area contributed by atoms with Gasteiger partial charge in [0, 0.05) is 24.5 Å². The highest BCUT2D eigenvalue weighted by Gasteiger charge is 2.28. The number of nitrogens with zero attached hydrogens (tertiary/aromatic N) is 3. The average Bonchev–Trinajstić information content (AvgIpc) is 3.13. The van der Waals surface area contributed by atoms with Gasteiger partial charge in [-0.3, -0.25) is 4.79 Å². The number of nitrogens with one attached hydrogen (secondary N) is 1. The lowest BCUT2D eigenvalue weighted by Gasteiger charge is -2.33. The lowest BCUT2D eigenvalue weighted by molar-refractivity contribution is -0.120. The number of aromatic nitrogens is 2. The second-order valence-electron chi connectivity index (χ2n) is 6.69. The second kappa shape index (κ2) is 6.92. The van der Waals surface area contributed by atoms with Crippen LogP contribution in [0.5, 0.6) is 0 Å². The number of anilines is 3. The van der Waals surface area contributed by atoms with Gasteiger partial charge in [-0.15, -0.1) is 11.3 Å². The van der Waals surface area contributed by atoms with Crippen molar-refractivity contribution in [2.75, 3.05) is 29.0 Å². The fraction of sp³-hybridized carbons (Fsp3) is 0.316. The maximum atomic E-state index is 12.8. The minimum Gasteiger partial charge on any atom is -0.399 e. The van der Waals surface area contributed by atoms with Crippen LogP contribution in [0, 0.1) is 12.8 Å². The third-order valence-electron chi connectivity index (χ3n) is 4.85. The van der Waals surface area contributed by atoms with Crippen LogP contribution in [-0.2, 0) is 4.79 Å². The van der Waals surface area contributed by atoms with Gasteiger partial charge < -0.3 is 16.0 Å². The van der Waals surface area contributed by atoms with Gasteiger partial charge >= 0.3 is 0 Å². The van der Waals surface area contributed by atoms with E-state index in [-0.39, 0.29) is 11.8 Å². The number of piperidine rings is 1. The number of rotatable bonds is 3. The molecule has 4 rings (SSSR count). The van der Waals surface area contributed by atoms with Gasteiger partial charge in [0.15, 0.2) is 0 Å². The monoisotopic (exact) mass is 367 g/mol. The fourth-order valence-electron chi connectivity index (χ4n) is 3.42. The van der Waals surface area contributed by atoms with E-state index in [1.54, 1.807) is 17.7 Å². The maximum Gasteiger partial charge on any atom is 0.229 e. The number of hydrogen-bond donors (Lipinski definition) is 2. The first-order valence-electron chi connectivity index (χ1n) is 8.72. The van der Waals surface area contributed by atoms with E-state index in [9.17, 15) is 4.79 Å². The quantitative estimate of drug-likeness (QED) is 0.693. The summed E-state index contributed by atoms with van der Waals surface area (Å²) in [6, 6.07) is 7.63. The number of benzene rings is 1.